The van der Waals surface area contributed by atoms with Gasteiger partial charge in [-0.25, -0.2) is 0 Å². The molecule has 1 rings (SSSR count). The van der Waals surface area contributed by atoms with E-state index in [-0.39, 0.29) is 6.10 Å². The van der Waals surface area contributed by atoms with Crippen molar-refractivity contribution in [2.24, 2.45) is 0 Å². The van der Waals surface area contributed by atoms with E-state index >= 15 is 0 Å². The van der Waals surface area contributed by atoms with Crippen molar-refractivity contribution >= 4 is 5.97 Å². The zero-order chi connectivity index (χ0) is 13.4. The van der Waals surface area contributed by atoms with Gasteiger partial charge < -0.3 is 19.9 Å². The highest BCUT2D eigenvalue weighted by molar-refractivity contribution is 5.73. The molecule has 2 N–H and O–H groups in total. The maximum atomic E-state index is 10.9. The Morgan fingerprint density at radius 3 is 2.78 bits per heavy atom. The minimum Gasteiger partial charge on any atom is -0.480 e. The molecule has 5 heteroatoms. The molecule has 0 heterocycles. The summed E-state index contributed by atoms with van der Waals surface area (Å²) in [6.07, 6.45) is 5.24. The highest BCUT2D eigenvalue weighted by atomic mass is 16.5. The lowest BCUT2D eigenvalue weighted by molar-refractivity contribution is -0.140. The van der Waals surface area contributed by atoms with E-state index in [4.69, 9.17) is 14.6 Å². The van der Waals surface area contributed by atoms with Crippen LogP contribution < -0.4 is 5.32 Å². The summed E-state index contributed by atoms with van der Waals surface area (Å²) >= 11 is 0. The molecule has 106 valence electrons. The molecule has 1 aliphatic rings. The number of carboxylic acids is 1. The van der Waals surface area contributed by atoms with Gasteiger partial charge in [-0.2, -0.15) is 0 Å². The molecule has 3 unspecified atom stereocenters. The molecule has 0 bridgehead atoms. The van der Waals surface area contributed by atoms with E-state index in [1.54, 1.807) is 7.11 Å². The van der Waals surface area contributed by atoms with Crippen molar-refractivity contribution < 1.29 is 19.4 Å². The lowest BCUT2D eigenvalue weighted by Crippen LogP contribution is -2.38. The number of hydrogen-bond acceptors (Lipinski definition) is 4. The number of carbonyl (C=O) groups is 1. The Balaban J connectivity index is 2.21. The topological polar surface area (TPSA) is 67.8 Å². The molecule has 0 aliphatic heterocycles. The van der Waals surface area contributed by atoms with Gasteiger partial charge in [0.1, 0.15) is 6.04 Å². The van der Waals surface area contributed by atoms with Gasteiger partial charge in [-0.3, -0.25) is 4.79 Å². The van der Waals surface area contributed by atoms with E-state index in [0.717, 1.165) is 25.7 Å². The van der Waals surface area contributed by atoms with Crippen LogP contribution >= 0.6 is 0 Å². The normalized spacial score (nSPS) is 25.9. The van der Waals surface area contributed by atoms with E-state index < -0.39 is 12.0 Å². The molecule has 3 atom stereocenters. The van der Waals surface area contributed by atoms with E-state index in [2.05, 4.69) is 5.32 Å². The Hall–Kier alpha value is -0.650. The highest BCUT2D eigenvalue weighted by Gasteiger charge is 2.23. The second kappa shape index (κ2) is 8.45. The molecule has 18 heavy (non-hydrogen) atoms. The van der Waals surface area contributed by atoms with Crippen LogP contribution in [0.4, 0.5) is 0 Å². The van der Waals surface area contributed by atoms with Crippen LogP contribution in [0.25, 0.3) is 0 Å². The molecule has 1 saturated carbocycles. The summed E-state index contributed by atoms with van der Waals surface area (Å²) < 4.78 is 11.1. The number of ether oxygens (including phenoxy) is 2. The lowest BCUT2D eigenvalue weighted by Gasteiger charge is -2.28. The number of nitrogens with one attached hydrogen (secondary N) is 1. The zero-order valence-electron chi connectivity index (χ0n) is 11.4. The average molecular weight is 259 g/mol. The SMILES string of the molecule is CCNC(CCOC1CCCC(OC)C1)C(=O)O. The highest BCUT2D eigenvalue weighted by Crippen LogP contribution is 2.23. The molecule has 0 spiro atoms. The molecule has 5 nitrogen and oxygen atoms in total. The number of aliphatic carboxylic acids is 1. The molecule has 0 aromatic rings. The van der Waals surface area contributed by atoms with Gasteiger partial charge >= 0.3 is 5.97 Å². The van der Waals surface area contributed by atoms with Gasteiger partial charge in [0.05, 0.1) is 12.2 Å². The smallest absolute Gasteiger partial charge is 0.320 e. The van der Waals surface area contributed by atoms with E-state index in [1.165, 1.54) is 0 Å². The summed E-state index contributed by atoms with van der Waals surface area (Å²) in [6, 6.07) is -0.503. The van der Waals surface area contributed by atoms with Crippen LogP contribution in [0.1, 0.15) is 39.0 Å². The molecular weight excluding hydrogens is 234 g/mol. The molecule has 0 aromatic heterocycles. The number of hydrogen-bond donors (Lipinski definition) is 2. The Kier molecular flexibility index (Phi) is 7.23. The number of likely N-dealkylation sites (N-methyl/N-ethyl adjacent to an activating group) is 1. The second-order valence-corrected chi connectivity index (χ2v) is 4.75. The van der Waals surface area contributed by atoms with Crippen LogP contribution in [0, 0.1) is 0 Å². The first kappa shape index (κ1) is 15.4. The van der Waals surface area contributed by atoms with Crippen molar-refractivity contribution in [1.82, 2.24) is 5.32 Å². The van der Waals surface area contributed by atoms with Gasteiger partial charge in [0.2, 0.25) is 0 Å². The summed E-state index contributed by atoms with van der Waals surface area (Å²) in [6.45, 7) is 3.05. The van der Waals surface area contributed by atoms with Gasteiger partial charge in [-0.15, -0.1) is 0 Å². The molecular formula is C13H25NO4. The van der Waals surface area contributed by atoms with Crippen molar-refractivity contribution in [1.29, 1.82) is 0 Å². The third kappa shape index (κ3) is 5.33. The molecule has 1 fully saturated rings. The lowest BCUT2D eigenvalue weighted by atomic mass is 9.95. The first-order valence-electron chi connectivity index (χ1n) is 6.78. The predicted molar refractivity (Wildman–Crippen MR) is 68.7 cm³/mol. The molecule has 0 amide bonds. The second-order valence-electron chi connectivity index (χ2n) is 4.75. The van der Waals surface area contributed by atoms with Crippen molar-refractivity contribution in [2.75, 3.05) is 20.3 Å². The Morgan fingerprint density at radius 1 is 1.44 bits per heavy atom. The van der Waals surface area contributed by atoms with Gasteiger partial charge in [-0.1, -0.05) is 6.92 Å². The monoisotopic (exact) mass is 259 g/mol. The summed E-state index contributed by atoms with van der Waals surface area (Å²) in [7, 11) is 1.73. The van der Waals surface area contributed by atoms with Gasteiger partial charge in [-0.05, 0) is 38.6 Å². The molecule has 0 radical (unpaired) electrons. The van der Waals surface area contributed by atoms with Crippen molar-refractivity contribution in [3.63, 3.8) is 0 Å². The number of methoxy groups -OCH3 is 1. The van der Waals surface area contributed by atoms with Crippen LogP contribution in [0.3, 0.4) is 0 Å². The summed E-state index contributed by atoms with van der Waals surface area (Å²) in [5.74, 6) is -0.807. The fourth-order valence-corrected chi connectivity index (χ4v) is 2.38. The van der Waals surface area contributed by atoms with Crippen LogP contribution in [0.5, 0.6) is 0 Å². The molecule has 0 saturated heterocycles. The minimum absolute atomic E-state index is 0.222. The minimum atomic E-state index is -0.807. The van der Waals surface area contributed by atoms with Crippen LogP contribution in [0.15, 0.2) is 0 Å². The Labute approximate surface area is 109 Å². The van der Waals surface area contributed by atoms with E-state index in [9.17, 15) is 4.79 Å². The van der Waals surface area contributed by atoms with Crippen molar-refractivity contribution in [2.45, 2.75) is 57.3 Å². The Morgan fingerprint density at radius 2 is 2.17 bits per heavy atom. The standard InChI is InChI=1S/C13H25NO4/c1-3-14-12(13(15)16)7-8-18-11-6-4-5-10(9-11)17-2/h10-12,14H,3-9H2,1-2H3,(H,15,16). The summed E-state index contributed by atoms with van der Waals surface area (Å²) in [4.78, 5) is 10.9. The van der Waals surface area contributed by atoms with Gasteiger partial charge in [0.25, 0.3) is 0 Å². The predicted octanol–water partition coefficient (Wildman–Crippen LogP) is 1.41. The third-order valence-electron chi connectivity index (χ3n) is 3.42. The quantitative estimate of drug-likeness (QED) is 0.690. The average Bonchev–Trinajstić information content (AvgIpc) is 2.38. The Bertz CT molecular complexity index is 247. The largest absolute Gasteiger partial charge is 0.480 e. The van der Waals surface area contributed by atoms with E-state index in [0.29, 0.717) is 25.7 Å². The zero-order valence-corrected chi connectivity index (χ0v) is 11.4. The van der Waals surface area contributed by atoms with E-state index in [1.807, 2.05) is 6.92 Å². The third-order valence-corrected chi connectivity index (χ3v) is 3.42. The van der Waals surface area contributed by atoms with Gasteiger partial charge in [0, 0.05) is 13.7 Å². The fourth-order valence-electron chi connectivity index (χ4n) is 2.38. The number of rotatable bonds is 8. The van der Waals surface area contributed by atoms with Crippen molar-refractivity contribution in [3.8, 4) is 0 Å². The number of carboxylic acid groups (broad SMARTS) is 1. The molecule has 0 aromatic carbocycles. The first-order valence-corrected chi connectivity index (χ1v) is 6.78. The molecule has 1 aliphatic carbocycles. The van der Waals surface area contributed by atoms with Gasteiger partial charge in [0.15, 0.2) is 0 Å². The fraction of sp³-hybridized carbons (Fsp3) is 0.923. The van der Waals surface area contributed by atoms with Crippen LogP contribution in [0.2, 0.25) is 0 Å². The maximum Gasteiger partial charge on any atom is 0.320 e. The summed E-state index contributed by atoms with van der Waals surface area (Å²) in [5, 5.41) is 11.9. The van der Waals surface area contributed by atoms with Crippen molar-refractivity contribution in [3.05, 3.63) is 0 Å². The van der Waals surface area contributed by atoms with Crippen LogP contribution in [-0.2, 0) is 14.3 Å². The first-order chi connectivity index (χ1) is 8.67. The maximum absolute atomic E-state index is 10.9. The van der Waals surface area contributed by atoms with Crippen LogP contribution in [-0.4, -0.2) is 49.6 Å². The summed E-state index contributed by atoms with van der Waals surface area (Å²) in [5.41, 5.74) is 0.